The molecule has 0 saturated carbocycles. The van der Waals surface area contributed by atoms with E-state index in [0.29, 0.717) is 26.2 Å². The third-order valence-electron chi connectivity index (χ3n) is 2.13. The molecule has 2 amide bonds. The molecule has 0 bridgehead atoms. The van der Waals surface area contributed by atoms with Crippen LogP contribution in [-0.4, -0.2) is 55.6 Å². The molecular weight excluding hydrogens is 227 g/mol. The van der Waals surface area contributed by atoms with Crippen molar-refractivity contribution < 1.29 is 22.8 Å². The van der Waals surface area contributed by atoms with Gasteiger partial charge in [-0.3, -0.25) is 9.59 Å². The van der Waals surface area contributed by atoms with E-state index in [2.05, 4.69) is 5.32 Å². The highest BCUT2D eigenvalue weighted by Crippen LogP contribution is 2.13. The molecule has 1 aliphatic heterocycles. The van der Waals surface area contributed by atoms with E-state index in [1.165, 1.54) is 4.90 Å². The average molecular weight is 239 g/mol. The largest absolute Gasteiger partial charge is 0.471 e. The first-order valence-electron chi connectivity index (χ1n) is 4.75. The number of amides is 2. The standard InChI is InChI=1S/C8H12F3N3O2/c9-8(10,11)7(16)13-5-6(15)14-3-1-12-2-4-14/h12H,1-5H2,(H,13,16). The van der Waals surface area contributed by atoms with Crippen LogP contribution in [0.4, 0.5) is 13.2 Å². The molecule has 0 aromatic heterocycles. The molecular formula is C8H12F3N3O2. The van der Waals surface area contributed by atoms with Crippen LogP contribution in [0.1, 0.15) is 0 Å². The SMILES string of the molecule is O=C(CNC(=O)C(F)(F)F)N1CCNCC1. The highest BCUT2D eigenvalue weighted by molar-refractivity contribution is 5.87. The summed E-state index contributed by atoms with van der Waals surface area (Å²) in [6.45, 7) is 1.50. The maximum absolute atomic E-state index is 11.8. The van der Waals surface area contributed by atoms with Crippen LogP contribution >= 0.6 is 0 Å². The molecule has 16 heavy (non-hydrogen) atoms. The zero-order valence-corrected chi connectivity index (χ0v) is 8.43. The van der Waals surface area contributed by atoms with Crippen molar-refractivity contribution in [2.45, 2.75) is 6.18 Å². The van der Waals surface area contributed by atoms with E-state index >= 15 is 0 Å². The predicted octanol–water partition coefficient (Wildman–Crippen LogP) is -0.903. The lowest BCUT2D eigenvalue weighted by atomic mass is 10.3. The summed E-state index contributed by atoms with van der Waals surface area (Å²) in [5.74, 6) is -2.59. The predicted molar refractivity (Wildman–Crippen MR) is 48.5 cm³/mol. The van der Waals surface area contributed by atoms with Gasteiger partial charge in [0, 0.05) is 26.2 Å². The van der Waals surface area contributed by atoms with Crippen LogP contribution in [0.25, 0.3) is 0 Å². The maximum Gasteiger partial charge on any atom is 0.471 e. The smallest absolute Gasteiger partial charge is 0.339 e. The first kappa shape index (κ1) is 12.8. The Morgan fingerprint density at radius 2 is 1.81 bits per heavy atom. The summed E-state index contributed by atoms with van der Waals surface area (Å²) < 4.78 is 35.4. The van der Waals surface area contributed by atoms with Crippen LogP contribution < -0.4 is 10.6 Å². The molecule has 0 aromatic rings. The lowest BCUT2D eigenvalue weighted by Crippen LogP contribution is -2.50. The Kier molecular flexibility index (Phi) is 4.11. The normalized spacial score (nSPS) is 17.1. The van der Waals surface area contributed by atoms with Gasteiger partial charge in [0.2, 0.25) is 5.91 Å². The molecule has 1 saturated heterocycles. The van der Waals surface area contributed by atoms with Crippen molar-refractivity contribution in [3.63, 3.8) is 0 Å². The lowest BCUT2D eigenvalue weighted by Gasteiger charge is -2.27. The molecule has 1 rings (SSSR count). The number of hydrogen-bond donors (Lipinski definition) is 2. The number of carbonyl (C=O) groups excluding carboxylic acids is 2. The Hall–Kier alpha value is -1.31. The molecule has 5 nitrogen and oxygen atoms in total. The van der Waals surface area contributed by atoms with Crippen molar-refractivity contribution in [1.29, 1.82) is 0 Å². The van der Waals surface area contributed by atoms with Crippen molar-refractivity contribution in [3.8, 4) is 0 Å². The van der Waals surface area contributed by atoms with E-state index in [4.69, 9.17) is 0 Å². The van der Waals surface area contributed by atoms with E-state index in [1.54, 1.807) is 5.32 Å². The summed E-state index contributed by atoms with van der Waals surface area (Å²) >= 11 is 0. The van der Waals surface area contributed by atoms with Gasteiger partial charge in [0.15, 0.2) is 0 Å². The van der Waals surface area contributed by atoms with Gasteiger partial charge in [0.05, 0.1) is 6.54 Å². The number of rotatable bonds is 2. The number of piperazine rings is 1. The van der Waals surface area contributed by atoms with E-state index in [0.717, 1.165) is 0 Å². The summed E-state index contributed by atoms with van der Waals surface area (Å²) in [5.41, 5.74) is 0. The number of alkyl halides is 3. The van der Waals surface area contributed by atoms with Crippen LogP contribution in [-0.2, 0) is 9.59 Å². The van der Waals surface area contributed by atoms with Crippen molar-refractivity contribution in [2.24, 2.45) is 0 Å². The Bertz CT molecular complexity index is 274. The van der Waals surface area contributed by atoms with Crippen LogP contribution in [0, 0.1) is 0 Å². The number of nitrogens with zero attached hydrogens (tertiary/aromatic N) is 1. The van der Waals surface area contributed by atoms with Gasteiger partial charge >= 0.3 is 12.1 Å². The molecule has 0 atom stereocenters. The minimum absolute atomic E-state index is 0.445. The quantitative estimate of drug-likeness (QED) is 0.656. The molecule has 92 valence electrons. The minimum atomic E-state index is -4.94. The first-order valence-corrected chi connectivity index (χ1v) is 4.75. The first-order chi connectivity index (χ1) is 7.41. The molecule has 2 N–H and O–H groups in total. The third-order valence-corrected chi connectivity index (χ3v) is 2.13. The lowest BCUT2D eigenvalue weighted by molar-refractivity contribution is -0.174. The van der Waals surface area contributed by atoms with Crippen LogP contribution in [0.3, 0.4) is 0 Å². The molecule has 1 heterocycles. The Morgan fingerprint density at radius 1 is 1.25 bits per heavy atom. The van der Waals surface area contributed by atoms with E-state index < -0.39 is 24.5 Å². The molecule has 0 radical (unpaired) electrons. The van der Waals surface area contributed by atoms with Gasteiger partial charge in [-0.1, -0.05) is 0 Å². The van der Waals surface area contributed by atoms with Crippen molar-refractivity contribution in [2.75, 3.05) is 32.7 Å². The van der Waals surface area contributed by atoms with Gasteiger partial charge < -0.3 is 15.5 Å². The average Bonchev–Trinajstić information content (AvgIpc) is 2.25. The van der Waals surface area contributed by atoms with Gasteiger partial charge in [0.25, 0.3) is 0 Å². The highest BCUT2D eigenvalue weighted by atomic mass is 19.4. The fourth-order valence-electron chi connectivity index (χ4n) is 1.28. The van der Waals surface area contributed by atoms with Gasteiger partial charge in [-0.2, -0.15) is 13.2 Å². The second-order valence-corrected chi connectivity index (χ2v) is 3.31. The van der Waals surface area contributed by atoms with E-state index in [1.807, 2.05) is 0 Å². The van der Waals surface area contributed by atoms with Gasteiger partial charge in [-0.15, -0.1) is 0 Å². The number of hydrogen-bond acceptors (Lipinski definition) is 3. The number of carbonyl (C=O) groups is 2. The van der Waals surface area contributed by atoms with E-state index in [9.17, 15) is 22.8 Å². The zero-order chi connectivity index (χ0) is 12.2. The second kappa shape index (κ2) is 5.15. The number of halogens is 3. The van der Waals surface area contributed by atoms with E-state index in [-0.39, 0.29) is 0 Å². The van der Waals surface area contributed by atoms with Gasteiger partial charge in [-0.25, -0.2) is 0 Å². The molecule has 0 aromatic carbocycles. The van der Waals surface area contributed by atoms with Crippen LogP contribution in [0.2, 0.25) is 0 Å². The molecule has 1 aliphatic rings. The maximum atomic E-state index is 11.8. The third kappa shape index (κ3) is 3.69. The Morgan fingerprint density at radius 3 is 2.31 bits per heavy atom. The summed E-state index contributed by atoms with van der Waals surface area (Å²) in [6, 6.07) is 0. The summed E-state index contributed by atoms with van der Waals surface area (Å²) in [4.78, 5) is 23.2. The van der Waals surface area contributed by atoms with Gasteiger partial charge in [0.1, 0.15) is 0 Å². The van der Waals surface area contributed by atoms with Crippen molar-refractivity contribution >= 4 is 11.8 Å². The molecule has 0 unspecified atom stereocenters. The molecule has 8 heteroatoms. The fraction of sp³-hybridized carbons (Fsp3) is 0.750. The Labute approximate surface area is 90.0 Å². The van der Waals surface area contributed by atoms with Crippen molar-refractivity contribution in [1.82, 2.24) is 15.5 Å². The molecule has 0 aliphatic carbocycles. The monoisotopic (exact) mass is 239 g/mol. The van der Waals surface area contributed by atoms with Crippen molar-refractivity contribution in [3.05, 3.63) is 0 Å². The molecule has 0 spiro atoms. The number of nitrogens with one attached hydrogen (secondary N) is 2. The van der Waals surface area contributed by atoms with Crippen LogP contribution in [0.15, 0.2) is 0 Å². The fourth-order valence-corrected chi connectivity index (χ4v) is 1.28. The van der Waals surface area contributed by atoms with Crippen LogP contribution in [0.5, 0.6) is 0 Å². The highest BCUT2D eigenvalue weighted by Gasteiger charge is 2.38. The van der Waals surface area contributed by atoms with Gasteiger partial charge in [-0.05, 0) is 0 Å². The second-order valence-electron chi connectivity index (χ2n) is 3.31. The minimum Gasteiger partial charge on any atom is -0.339 e. The topological polar surface area (TPSA) is 61.4 Å². The summed E-state index contributed by atoms with van der Waals surface area (Å²) in [6.07, 6.45) is -4.94. The summed E-state index contributed by atoms with van der Waals surface area (Å²) in [5, 5.41) is 4.54. The molecule has 1 fully saturated rings. The summed E-state index contributed by atoms with van der Waals surface area (Å²) in [7, 11) is 0. The Balaban J connectivity index is 2.32. The zero-order valence-electron chi connectivity index (χ0n) is 8.43.